The minimum atomic E-state index is -0.833. The molecule has 0 unspecified atom stereocenters. The van der Waals surface area contributed by atoms with E-state index in [4.69, 9.17) is 93.1 Å². The topological polar surface area (TPSA) is 404 Å². The molecule has 0 aliphatic carbocycles. The van der Waals surface area contributed by atoms with Crippen molar-refractivity contribution in [2.75, 3.05) is 89.9 Å². The van der Waals surface area contributed by atoms with Crippen LogP contribution in [0.25, 0.3) is 30.4 Å². The highest BCUT2D eigenvalue weighted by Crippen LogP contribution is 2.43. The van der Waals surface area contributed by atoms with Crippen molar-refractivity contribution in [3.05, 3.63) is 261 Å². The van der Waals surface area contributed by atoms with Crippen LogP contribution < -0.4 is 24.5 Å². The van der Waals surface area contributed by atoms with Gasteiger partial charge in [0.1, 0.15) is 81.0 Å². The molecule has 10 aromatic rings. The van der Waals surface area contributed by atoms with Crippen LogP contribution in [0.3, 0.4) is 0 Å². The van der Waals surface area contributed by atoms with E-state index in [1.807, 2.05) is 24.5 Å². The number of carboxylic acids is 1. The Bertz CT molecular complexity index is 6180. The highest BCUT2D eigenvalue weighted by atomic mass is 32.2. The van der Waals surface area contributed by atoms with Gasteiger partial charge in [-0.3, -0.25) is 53.3 Å². The second-order valence-corrected chi connectivity index (χ2v) is 42.7. The highest BCUT2D eigenvalue weighted by Gasteiger charge is 2.40. The second kappa shape index (κ2) is 51.7. The number of hydrogen-bond acceptors (Lipinski definition) is 36. The molecule has 0 radical (unpaired) electrons. The molecule has 20 rings (SSSR count). The lowest BCUT2D eigenvalue weighted by Crippen LogP contribution is -2.29. The molecule has 10 saturated heterocycles. The maximum atomic E-state index is 13.1. The molecular formula is C102H89F5N20O12S10. The lowest BCUT2D eigenvalue weighted by atomic mass is 10.1. The van der Waals surface area contributed by atoms with Crippen LogP contribution in [0.4, 0.5) is 51.4 Å². The number of aromatic nitrogens is 5. The van der Waals surface area contributed by atoms with Gasteiger partial charge in [-0.05, 0) is 185 Å². The number of amides is 5. The quantitative estimate of drug-likeness (QED) is 0.0420. The Morgan fingerprint density at radius 1 is 0.295 bits per heavy atom. The Labute approximate surface area is 900 Å². The Kier molecular flexibility index (Phi) is 37.9. The molecular weight excluding hydrogens is 2110 g/mol. The third-order valence-corrected chi connectivity index (χ3v) is 30.7. The van der Waals surface area contributed by atoms with Crippen LogP contribution >= 0.6 is 120 Å². The predicted molar refractivity (Wildman–Crippen MR) is 575 cm³/mol. The maximum Gasteiger partial charge on any atom is 0.300 e. The number of thioether (sulfide) groups is 5. The summed E-state index contributed by atoms with van der Waals surface area (Å²) in [7, 11) is 0. The van der Waals surface area contributed by atoms with Gasteiger partial charge >= 0.3 is 0 Å². The van der Waals surface area contributed by atoms with Gasteiger partial charge in [0.05, 0.1) is 57.2 Å². The largest absolute Gasteiger partial charge is 0.481 e. The number of nitriles is 5. The van der Waals surface area contributed by atoms with E-state index in [1.54, 1.807) is 60.7 Å². The van der Waals surface area contributed by atoms with Crippen LogP contribution in [0, 0.1) is 85.7 Å². The standard InChI is InChI=1S/5C20H17FN4O2S2.C2H4O2/c5*21-14-6-4-13(5-7-14)12-25-18(26)16(29-20(25)28)10-17-23-15(11-22)19(27-17)24-8-2-1-3-9-24;1-2(3)4/h5*4-7,10H,1-3,8-9,12H2;1H3,(H,3,4)/b5*16-10+;. The minimum Gasteiger partial charge on any atom is -0.481 e. The number of halogens is 5. The Morgan fingerprint density at radius 3 is 0.570 bits per heavy atom. The molecule has 5 aromatic heterocycles. The number of carboxylic acid groups (broad SMARTS) is 1. The van der Waals surface area contributed by atoms with Gasteiger partial charge in [0.2, 0.25) is 87.3 Å². The second-order valence-electron chi connectivity index (χ2n) is 34.3. The van der Waals surface area contributed by atoms with Crippen LogP contribution in [0.2, 0.25) is 0 Å². The van der Waals surface area contributed by atoms with E-state index in [1.165, 1.54) is 116 Å². The van der Waals surface area contributed by atoms with E-state index in [9.17, 15) is 72.2 Å². The predicted octanol–water partition coefficient (Wildman–Crippen LogP) is 20.5. The first-order chi connectivity index (χ1) is 72.0. The van der Waals surface area contributed by atoms with E-state index >= 15 is 0 Å². The average molecular weight is 2200 g/mol. The molecule has 0 spiro atoms. The fourth-order valence-corrected chi connectivity index (χ4v) is 22.6. The first-order valence-electron chi connectivity index (χ1n) is 47.0. The van der Waals surface area contributed by atoms with Gasteiger partial charge in [0.25, 0.3) is 35.5 Å². The summed E-state index contributed by atoms with van der Waals surface area (Å²) >= 11 is 32.4. The van der Waals surface area contributed by atoms with Crippen LogP contribution in [-0.2, 0) is 61.5 Å². The van der Waals surface area contributed by atoms with Crippen LogP contribution in [0.1, 0.15) is 189 Å². The molecule has 1 N–H and O–H groups in total. The monoisotopic (exact) mass is 2200 g/mol. The number of rotatable bonds is 20. The van der Waals surface area contributed by atoms with E-state index < -0.39 is 5.97 Å². The third kappa shape index (κ3) is 28.5. The van der Waals surface area contributed by atoms with Crippen molar-refractivity contribution in [2.45, 2.75) is 136 Å². The van der Waals surface area contributed by atoms with Crippen molar-refractivity contribution in [3.63, 3.8) is 0 Å². The molecule has 5 amide bonds. The van der Waals surface area contributed by atoms with Gasteiger partial charge in [0, 0.05) is 103 Å². The van der Waals surface area contributed by atoms with E-state index in [0.717, 1.165) is 255 Å². The Hall–Kier alpha value is -14.0. The third-order valence-electron chi connectivity index (χ3n) is 23.8. The number of anilines is 5. The lowest BCUT2D eigenvalue weighted by molar-refractivity contribution is -0.134. The summed E-state index contributed by atoms with van der Waals surface area (Å²) in [5.41, 5.74) is 5.00. The first-order valence-corrected chi connectivity index (χ1v) is 53.1. The molecule has 5 aromatic carbocycles. The van der Waals surface area contributed by atoms with Crippen LogP contribution in [0.5, 0.6) is 0 Å². The maximum absolute atomic E-state index is 13.1. The van der Waals surface area contributed by atoms with Crippen molar-refractivity contribution in [3.8, 4) is 30.3 Å². The van der Waals surface area contributed by atoms with E-state index in [2.05, 4.69) is 55.3 Å². The summed E-state index contributed by atoms with van der Waals surface area (Å²) in [6, 6.07) is 40.0. The number of hydrogen-bond donors (Lipinski definition) is 1. The molecule has 15 heterocycles. The van der Waals surface area contributed by atoms with Gasteiger partial charge in [-0.25, -0.2) is 22.0 Å². The number of benzene rings is 5. The van der Waals surface area contributed by atoms with Crippen molar-refractivity contribution in [2.24, 2.45) is 0 Å². The zero-order valence-electron chi connectivity index (χ0n) is 79.5. The summed E-state index contributed by atoms with van der Waals surface area (Å²) in [4.78, 5) is 113. The van der Waals surface area contributed by atoms with Gasteiger partial charge in [-0.2, -0.15) is 51.2 Å². The number of thiocarbonyl (C=S) groups is 5. The molecule has 0 saturated carbocycles. The zero-order valence-corrected chi connectivity index (χ0v) is 87.7. The Morgan fingerprint density at radius 2 is 0.436 bits per heavy atom. The van der Waals surface area contributed by atoms with Crippen molar-refractivity contribution >= 4 is 237 Å². The van der Waals surface area contributed by atoms with Crippen molar-refractivity contribution in [1.82, 2.24) is 49.4 Å². The number of piperidine rings is 5. The molecule has 47 heteroatoms. The van der Waals surface area contributed by atoms with Crippen molar-refractivity contribution in [1.29, 1.82) is 26.3 Å². The molecule has 10 fully saturated rings. The van der Waals surface area contributed by atoms with Crippen LogP contribution in [0.15, 0.2) is 168 Å². The van der Waals surface area contributed by atoms with Gasteiger partial charge in [-0.15, -0.1) is 0 Å². The fraction of sp³-hybridized carbons (Fsp3) is 0.304. The zero-order chi connectivity index (χ0) is 105. The highest BCUT2D eigenvalue weighted by molar-refractivity contribution is 8.28. The number of aliphatic carboxylic acids is 1. The lowest BCUT2D eigenvalue weighted by Gasteiger charge is -2.25. The summed E-state index contributed by atoms with van der Waals surface area (Å²) < 4.78 is 96.5. The number of carbonyl (C=O) groups is 6. The van der Waals surface area contributed by atoms with E-state index in [-0.39, 0.29) is 149 Å². The van der Waals surface area contributed by atoms with Crippen molar-refractivity contribution < 1.29 is 77.9 Å². The van der Waals surface area contributed by atoms with Crippen LogP contribution in [-0.4, -0.2) is 177 Å². The molecule has 149 heavy (non-hydrogen) atoms. The van der Waals surface area contributed by atoms with Gasteiger partial charge in [0.15, 0.2) is 0 Å². The molecule has 10 aliphatic rings. The molecule has 10 aliphatic heterocycles. The van der Waals surface area contributed by atoms with E-state index in [0.29, 0.717) is 75.5 Å². The number of carbonyl (C=O) groups excluding carboxylic acids is 5. The number of oxazole rings is 5. The SMILES string of the molecule is CC(=O)O.N#Cc1nc(/C=C2/SC(=S)N(Cc3ccc(F)cc3)C2=O)oc1N1CCCCC1.N#Cc1nc(/C=C2/SC(=S)N(Cc3ccc(F)cc3)C2=O)oc1N1CCCCC1.N#Cc1nc(/C=C2/SC(=S)N(Cc3ccc(F)cc3)C2=O)oc1N1CCCCC1.N#Cc1nc(/C=C2/SC(=S)N(Cc3ccc(F)cc3)C2=O)oc1N1CCCCC1.N#Cc1nc(/C=C2/SC(=S)N(Cc3ccc(F)cc3)C2=O)oc1N1CCCCC1. The fourth-order valence-electron chi connectivity index (χ4n) is 16.5. The van der Waals surface area contributed by atoms with Gasteiger partial charge in [-0.1, -0.05) is 181 Å². The Balaban J connectivity index is 0.000000138. The minimum absolute atomic E-state index is 0.212. The summed E-state index contributed by atoms with van der Waals surface area (Å²) in [6.07, 6.45) is 23.9. The van der Waals surface area contributed by atoms with Gasteiger partial charge < -0.3 is 51.7 Å². The average Bonchev–Trinajstić information content (AvgIpc) is 1.67. The summed E-state index contributed by atoms with van der Waals surface area (Å²) in [5.74, 6) is -0.459. The molecule has 32 nitrogen and oxygen atoms in total. The summed E-state index contributed by atoms with van der Waals surface area (Å²) in [5, 5.41) is 54.4. The summed E-state index contributed by atoms with van der Waals surface area (Å²) in [6.45, 7) is 10.6. The molecule has 0 bridgehead atoms. The normalized spacial score (nSPS) is 18.2. The molecule has 0 atom stereocenters. The molecule has 764 valence electrons. The number of nitrogens with zero attached hydrogens (tertiary/aromatic N) is 20. The smallest absolute Gasteiger partial charge is 0.300 e. The first kappa shape index (κ1) is 109.